The fraction of sp³-hybridized carbons (Fsp3) is 0. The van der Waals surface area contributed by atoms with Crippen molar-refractivity contribution in [1.82, 2.24) is 0 Å². The van der Waals surface area contributed by atoms with E-state index in [2.05, 4.69) is 9.05 Å². The van der Waals surface area contributed by atoms with E-state index in [1.807, 2.05) is 0 Å². The van der Waals surface area contributed by atoms with Crippen LogP contribution in [0.5, 0.6) is 0 Å². The van der Waals surface area contributed by atoms with Crippen LogP contribution in [0.1, 0.15) is 0 Å². The van der Waals surface area contributed by atoms with Gasteiger partial charge in [0.25, 0.3) is 9.03 Å². The molecule has 0 bridgehead atoms. The third kappa shape index (κ3) is 1.16. The van der Waals surface area contributed by atoms with Gasteiger partial charge in [-0.25, -0.2) is 4.79 Å². The third-order valence-corrected chi connectivity index (χ3v) is 0.979. The molecule has 1 aliphatic heterocycles. The van der Waals surface area contributed by atoms with Gasteiger partial charge in [-0.2, -0.15) is 0 Å². The Morgan fingerprint density at radius 2 is 2.57 bits per heavy atom. The maximum absolute atomic E-state index is 10.1. The molecule has 1 atom stereocenters. The van der Waals surface area contributed by atoms with E-state index in [1.165, 1.54) is 12.3 Å². The van der Waals surface area contributed by atoms with Gasteiger partial charge in [0.15, 0.2) is 0 Å². The first-order valence-electron chi connectivity index (χ1n) is 1.67. The highest BCUT2D eigenvalue weighted by molar-refractivity contribution is 7.27. The Morgan fingerprint density at radius 1 is 1.71 bits per heavy atom. The zero-order valence-corrected chi connectivity index (χ0v) is 4.38. The fourth-order valence-electron chi connectivity index (χ4n) is 0.216. The molecule has 0 aromatic rings. The Kier molecular flexibility index (Phi) is 1.27. The molecule has 0 saturated heterocycles. The standard InChI is InChI=1S/C3H3O3P/c4-3-1-2-5-7-6-3/h1-2,7H. The van der Waals surface area contributed by atoms with Gasteiger partial charge in [0.1, 0.15) is 0 Å². The topological polar surface area (TPSA) is 35.5 Å². The molecule has 38 valence electrons. The average Bonchev–Trinajstić information content (AvgIpc) is 1.69. The molecular weight excluding hydrogens is 115 g/mol. The van der Waals surface area contributed by atoms with Crippen LogP contribution in [0.3, 0.4) is 0 Å². The van der Waals surface area contributed by atoms with Crippen molar-refractivity contribution in [1.29, 1.82) is 0 Å². The SMILES string of the molecule is O=C1C=COPO1. The molecule has 1 heterocycles. The number of carbonyl (C=O) groups is 1. The zero-order chi connectivity index (χ0) is 5.11. The molecule has 0 N–H and O–H groups in total. The van der Waals surface area contributed by atoms with Gasteiger partial charge in [-0.1, -0.05) is 0 Å². The zero-order valence-electron chi connectivity index (χ0n) is 3.38. The minimum absolute atomic E-state index is 0.154. The van der Waals surface area contributed by atoms with Crippen molar-refractivity contribution in [2.75, 3.05) is 0 Å². The van der Waals surface area contributed by atoms with Crippen LogP contribution in [0.15, 0.2) is 12.3 Å². The van der Waals surface area contributed by atoms with E-state index in [0.717, 1.165) is 0 Å². The van der Waals surface area contributed by atoms with Gasteiger partial charge < -0.3 is 9.05 Å². The fourth-order valence-corrected chi connectivity index (χ4v) is 0.538. The molecule has 7 heavy (non-hydrogen) atoms. The summed E-state index contributed by atoms with van der Waals surface area (Å²) in [6.45, 7) is 0. The van der Waals surface area contributed by atoms with Crippen molar-refractivity contribution in [3.63, 3.8) is 0 Å². The molecule has 0 fully saturated rings. The van der Waals surface area contributed by atoms with Crippen LogP contribution in [-0.4, -0.2) is 5.97 Å². The summed E-state index contributed by atoms with van der Waals surface area (Å²) < 4.78 is 8.90. The van der Waals surface area contributed by atoms with Crippen molar-refractivity contribution in [3.05, 3.63) is 12.3 Å². The Bertz CT molecular complexity index is 109. The second kappa shape index (κ2) is 1.94. The second-order valence-corrected chi connectivity index (χ2v) is 1.53. The first-order valence-corrected chi connectivity index (χ1v) is 2.49. The van der Waals surface area contributed by atoms with Crippen molar-refractivity contribution in [2.45, 2.75) is 0 Å². The Hall–Kier alpha value is -0.560. The minimum atomic E-state index is -0.329. The van der Waals surface area contributed by atoms with E-state index in [1.54, 1.807) is 0 Å². The highest BCUT2D eigenvalue weighted by Gasteiger charge is 2.00. The van der Waals surface area contributed by atoms with Crippen molar-refractivity contribution in [2.24, 2.45) is 0 Å². The molecule has 0 amide bonds. The van der Waals surface area contributed by atoms with Crippen LogP contribution in [-0.2, 0) is 13.8 Å². The van der Waals surface area contributed by atoms with Crippen LogP contribution in [0.4, 0.5) is 0 Å². The molecule has 3 nitrogen and oxygen atoms in total. The van der Waals surface area contributed by atoms with Crippen LogP contribution in [0.2, 0.25) is 0 Å². The van der Waals surface area contributed by atoms with E-state index >= 15 is 0 Å². The van der Waals surface area contributed by atoms with E-state index in [-0.39, 0.29) is 15.0 Å². The number of hydrogen-bond donors (Lipinski definition) is 0. The first-order chi connectivity index (χ1) is 3.39. The molecule has 1 aliphatic rings. The quantitative estimate of drug-likeness (QED) is 0.436. The molecule has 1 rings (SSSR count). The highest BCUT2D eigenvalue weighted by atomic mass is 31.1. The Balaban J connectivity index is 2.51. The summed E-state index contributed by atoms with van der Waals surface area (Å²) in [6.07, 6.45) is 2.56. The van der Waals surface area contributed by atoms with Gasteiger partial charge in [-0.15, -0.1) is 0 Å². The molecular formula is C3H3O3P. The van der Waals surface area contributed by atoms with Crippen LogP contribution in [0.25, 0.3) is 0 Å². The summed E-state index contributed by atoms with van der Waals surface area (Å²) in [5.41, 5.74) is 0. The van der Waals surface area contributed by atoms with E-state index in [9.17, 15) is 4.79 Å². The second-order valence-electron chi connectivity index (χ2n) is 0.925. The predicted molar refractivity (Wildman–Crippen MR) is 24.6 cm³/mol. The first kappa shape index (κ1) is 4.60. The summed E-state index contributed by atoms with van der Waals surface area (Å²) in [5, 5.41) is 0. The molecule has 4 heteroatoms. The molecule has 0 spiro atoms. The van der Waals surface area contributed by atoms with E-state index in [4.69, 9.17) is 0 Å². The predicted octanol–water partition coefficient (Wildman–Crippen LogP) is 0.582. The maximum atomic E-state index is 10.1. The summed E-state index contributed by atoms with van der Waals surface area (Å²) in [5.74, 6) is -0.329. The normalized spacial score (nSPS) is 21.4. The monoisotopic (exact) mass is 118 g/mol. The summed E-state index contributed by atoms with van der Waals surface area (Å²) in [6, 6.07) is 0. The van der Waals surface area contributed by atoms with Crippen LogP contribution < -0.4 is 0 Å². The lowest BCUT2D eigenvalue weighted by atomic mass is 10.7. The Morgan fingerprint density at radius 3 is 2.86 bits per heavy atom. The largest absolute Gasteiger partial charge is 0.448 e. The highest BCUT2D eigenvalue weighted by Crippen LogP contribution is 2.17. The summed E-state index contributed by atoms with van der Waals surface area (Å²) in [7, 11) is -0.154. The summed E-state index contributed by atoms with van der Waals surface area (Å²) in [4.78, 5) is 10.1. The molecule has 0 aromatic carbocycles. The Labute approximate surface area is 42.3 Å². The van der Waals surface area contributed by atoms with Crippen molar-refractivity contribution in [3.8, 4) is 0 Å². The molecule has 1 unspecified atom stereocenters. The lowest BCUT2D eigenvalue weighted by molar-refractivity contribution is -0.129. The molecule has 0 aromatic heterocycles. The van der Waals surface area contributed by atoms with Gasteiger partial charge in [0.05, 0.1) is 12.3 Å². The van der Waals surface area contributed by atoms with Gasteiger partial charge in [-0.3, -0.25) is 0 Å². The van der Waals surface area contributed by atoms with Gasteiger partial charge in [0, 0.05) is 0 Å². The number of hydrogen-bond acceptors (Lipinski definition) is 3. The van der Waals surface area contributed by atoms with Gasteiger partial charge in [-0.05, 0) is 0 Å². The lowest BCUT2D eigenvalue weighted by Crippen LogP contribution is -1.94. The average molecular weight is 118 g/mol. The van der Waals surface area contributed by atoms with Crippen molar-refractivity contribution >= 4 is 15.0 Å². The molecule has 0 saturated carbocycles. The summed E-state index contributed by atoms with van der Waals surface area (Å²) >= 11 is 0. The third-order valence-electron chi connectivity index (χ3n) is 0.463. The van der Waals surface area contributed by atoms with E-state index in [0.29, 0.717) is 0 Å². The minimum Gasteiger partial charge on any atom is -0.448 e. The molecule has 0 aliphatic carbocycles. The van der Waals surface area contributed by atoms with Gasteiger partial charge >= 0.3 is 5.97 Å². The van der Waals surface area contributed by atoms with Crippen molar-refractivity contribution < 1.29 is 13.8 Å². The number of rotatable bonds is 0. The van der Waals surface area contributed by atoms with Gasteiger partial charge in [0.2, 0.25) is 0 Å². The van der Waals surface area contributed by atoms with E-state index < -0.39 is 0 Å². The number of carbonyl (C=O) groups excluding carboxylic acids is 1. The van der Waals surface area contributed by atoms with Crippen LogP contribution >= 0.6 is 9.03 Å². The smallest absolute Gasteiger partial charge is 0.339 e. The van der Waals surface area contributed by atoms with Crippen LogP contribution in [0, 0.1) is 0 Å². The molecule has 0 radical (unpaired) electrons. The lowest BCUT2D eigenvalue weighted by Gasteiger charge is -2.02. The maximum Gasteiger partial charge on any atom is 0.339 e.